The summed E-state index contributed by atoms with van der Waals surface area (Å²) >= 11 is 0. The molecule has 0 bridgehead atoms. The molecule has 2 atom stereocenters. The maximum absolute atomic E-state index is 13.5. The van der Waals surface area contributed by atoms with Crippen LogP contribution in [-0.2, 0) is 11.3 Å². The Balaban J connectivity index is 1.72. The van der Waals surface area contributed by atoms with Crippen LogP contribution in [0.5, 0.6) is 0 Å². The summed E-state index contributed by atoms with van der Waals surface area (Å²) in [7, 11) is 0. The lowest BCUT2D eigenvalue weighted by Gasteiger charge is -2.23. The largest absolute Gasteiger partial charge is 0.598 e. The molecule has 0 spiro atoms. The fourth-order valence-electron chi connectivity index (χ4n) is 4.97. The molecule has 206 valence electrons. The van der Waals surface area contributed by atoms with E-state index in [1.807, 2.05) is 66.7 Å². The lowest BCUT2D eigenvalue weighted by atomic mass is 9.93. The highest BCUT2D eigenvalue weighted by Gasteiger charge is 2.34. The number of aliphatic carboxylic acids is 1. The van der Waals surface area contributed by atoms with Gasteiger partial charge in [-0.3, -0.25) is 4.99 Å². The minimum atomic E-state index is -1.37. The highest BCUT2D eigenvalue weighted by molar-refractivity contribution is 6.16. The van der Waals surface area contributed by atoms with Gasteiger partial charge < -0.3 is 10.3 Å². The van der Waals surface area contributed by atoms with Crippen molar-refractivity contribution >= 4 is 17.4 Å². The molecule has 1 unspecified atom stereocenters. The first kappa shape index (κ1) is 28.7. The standard InChI is InChI=1S/C33H36N4O3/c1-3-4-5-14-23-33(2,32(38)39)34-31(27-18-10-7-11-19-27)28-20-12-13-21-29(28)35-37(40)30-22-15-24-36(30)25-26-16-8-6-9-17-26/h6-13,16-21,30H,5,14-15,22-25H2,1-2H3,(H,38,39)/t30?,33-/m1/s1. The highest BCUT2D eigenvalue weighted by Crippen LogP contribution is 2.29. The number of nitrogens with zero attached hydrogens (tertiary/aromatic N) is 4. The first-order chi connectivity index (χ1) is 19.4. The van der Waals surface area contributed by atoms with Crippen LogP contribution in [0.1, 0.15) is 62.6 Å². The van der Waals surface area contributed by atoms with E-state index in [1.54, 1.807) is 19.9 Å². The summed E-state index contributed by atoms with van der Waals surface area (Å²) in [5.74, 6) is 4.85. The lowest BCUT2D eigenvalue weighted by molar-refractivity contribution is -0.585. The topological polar surface area (TPSA) is 91.3 Å². The molecular formula is C33H36N4O3. The van der Waals surface area contributed by atoms with Gasteiger partial charge in [-0.05, 0) is 44.7 Å². The molecule has 1 heterocycles. The molecule has 1 aliphatic rings. The Kier molecular flexibility index (Phi) is 9.82. The molecular weight excluding hydrogens is 500 g/mol. The van der Waals surface area contributed by atoms with Crippen LogP contribution in [-0.4, -0.2) is 44.8 Å². The molecule has 0 radical (unpaired) electrons. The second kappa shape index (κ2) is 13.7. The van der Waals surface area contributed by atoms with Crippen molar-refractivity contribution in [2.45, 2.75) is 64.2 Å². The van der Waals surface area contributed by atoms with Crippen molar-refractivity contribution in [2.75, 3.05) is 6.54 Å². The Labute approximate surface area is 236 Å². The molecule has 7 heteroatoms. The number of rotatable bonds is 11. The van der Waals surface area contributed by atoms with Gasteiger partial charge in [-0.1, -0.05) is 83.7 Å². The van der Waals surface area contributed by atoms with Gasteiger partial charge in [0.15, 0.2) is 5.54 Å². The summed E-state index contributed by atoms with van der Waals surface area (Å²) in [6.07, 6.45) is 2.80. The molecule has 1 aliphatic heterocycles. The third-order valence-corrected chi connectivity index (χ3v) is 7.19. The number of carboxylic acids is 1. The van der Waals surface area contributed by atoms with Gasteiger partial charge in [0.05, 0.1) is 5.71 Å². The van der Waals surface area contributed by atoms with Gasteiger partial charge in [-0.2, -0.15) is 0 Å². The van der Waals surface area contributed by atoms with Crippen molar-refractivity contribution in [2.24, 2.45) is 10.1 Å². The molecule has 1 N–H and O–H groups in total. The van der Waals surface area contributed by atoms with Crippen molar-refractivity contribution in [3.8, 4) is 11.8 Å². The summed E-state index contributed by atoms with van der Waals surface area (Å²) < 4.78 is 0. The second-order valence-electron chi connectivity index (χ2n) is 10.2. The Morgan fingerprint density at radius 3 is 2.45 bits per heavy atom. The van der Waals surface area contributed by atoms with E-state index in [-0.39, 0.29) is 6.17 Å². The van der Waals surface area contributed by atoms with Crippen molar-refractivity contribution in [1.82, 2.24) is 4.90 Å². The smallest absolute Gasteiger partial charge is 0.331 e. The van der Waals surface area contributed by atoms with Crippen molar-refractivity contribution < 1.29 is 14.8 Å². The summed E-state index contributed by atoms with van der Waals surface area (Å²) in [6.45, 7) is 4.91. The van der Waals surface area contributed by atoms with Gasteiger partial charge in [-0.25, -0.2) is 9.69 Å². The predicted octanol–water partition coefficient (Wildman–Crippen LogP) is 6.78. The van der Waals surface area contributed by atoms with Crippen LogP contribution in [0.4, 0.5) is 5.69 Å². The zero-order valence-electron chi connectivity index (χ0n) is 23.2. The number of unbranched alkanes of at least 4 members (excludes halogenated alkanes) is 1. The van der Waals surface area contributed by atoms with E-state index in [0.29, 0.717) is 42.8 Å². The van der Waals surface area contributed by atoms with Crippen LogP contribution in [0.25, 0.3) is 0 Å². The molecule has 1 fully saturated rings. The fraction of sp³-hybridized carbons (Fsp3) is 0.333. The molecule has 40 heavy (non-hydrogen) atoms. The van der Waals surface area contributed by atoms with Crippen molar-refractivity contribution in [3.05, 3.63) is 107 Å². The van der Waals surface area contributed by atoms with E-state index in [2.05, 4.69) is 34.0 Å². The van der Waals surface area contributed by atoms with E-state index >= 15 is 0 Å². The third kappa shape index (κ3) is 7.22. The minimum absolute atomic E-state index is 0.330. The molecule has 0 aromatic heterocycles. The van der Waals surface area contributed by atoms with E-state index < -0.39 is 11.5 Å². The van der Waals surface area contributed by atoms with Gasteiger partial charge >= 0.3 is 5.97 Å². The Morgan fingerprint density at radius 2 is 1.75 bits per heavy atom. The summed E-state index contributed by atoms with van der Waals surface area (Å²) in [6, 6.07) is 26.9. The number of azo groups is 1. The first-order valence-electron chi connectivity index (χ1n) is 13.7. The number of hydrogen-bond acceptors (Lipinski definition) is 5. The number of aliphatic imine (C=N–C) groups is 1. The number of carboxylic acid groups (broad SMARTS) is 1. The van der Waals surface area contributed by atoms with Crippen LogP contribution < -0.4 is 0 Å². The number of likely N-dealkylation sites (tertiary alicyclic amines) is 1. The van der Waals surface area contributed by atoms with Gasteiger partial charge in [0, 0.05) is 42.2 Å². The summed E-state index contributed by atoms with van der Waals surface area (Å²) in [5, 5.41) is 28.2. The second-order valence-corrected chi connectivity index (χ2v) is 10.2. The summed E-state index contributed by atoms with van der Waals surface area (Å²) in [4.78, 5) is 20.3. The Morgan fingerprint density at radius 1 is 1.07 bits per heavy atom. The molecule has 0 amide bonds. The van der Waals surface area contributed by atoms with E-state index in [0.717, 1.165) is 35.4 Å². The number of benzene rings is 3. The molecule has 7 nitrogen and oxygen atoms in total. The SMILES string of the molecule is CC#CCCC[C@@](C)(N=C(c1ccccc1)c1ccccc1N=[N+]([O-])C1CCCN1Cc1ccccc1)C(=O)O. The van der Waals surface area contributed by atoms with Crippen LogP contribution in [0, 0.1) is 17.0 Å². The molecule has 0 saturated carbocycles. The first-order valence-corrected chi connectivity index (χ1v) is 13.7. The van der Waals surface area contributed by atoms with E-state index in [4.69, 9.17) is 4.99 Å². The maximum atomic E-state index is 13.5. The molecule has 3 aromatic rings. The maximum Gasteiger partial charge on any atom is 0.331 e. The molecule has 0 aliphatic carbocycles. The summed E-state index contributed by atoms with van der Waals surface area (Å²) in [5.41, 5.74) is 2.10. The third-order valence-electron chi connectivity index (χ3n) is 7.19. The minimum Gasteiger partial charge on any atom is -0.598 e. The van der Waals surface area contributed by atoms with Gasteiger partial charge in [-0.15, -0.1) is 11.8 Å². The molecule has 3 aromatic carbocycles. The average Bonchev–Trinajstić information content (AvgIpc) is 3.44. The average molecular weight is 537 g/mol. The van der Waals surface area contributed by atoms with Crippen LogP contribution in [0.15, 0.2) is 95.0 Å². The fourth-order valence-corrected chi connectivity index (χ4v) is 4.97. The van der Waals surface area contributed by atoms with Crippen LogP contribution >= 0.6 is 0 Å². The molecule has 1 saturated heterocycles. The predicted molar refractivity (Wildman–Crippen MR) is 157 cm³/mol. The van der Waals surface area contributed by atoms with Gasteiger partial charge in [0.1, 0.15) is 5.69 Å². The number of carbonyl (C=O) groups is 1. The number of hydrogen-bond donors (Lipinski definition) is 1. The van der Waals surface area contributed by atoms with Gasteiger partial charge in [0.25, 0.3) is 0 Å². The quantitative estimate of drug-likeness (QED) is 0.0730. The van der Waals surface area contributed by atoms with Crippen LogP contribution in [0.3, 0.4) is 0 Å². The zero-order valence-corrected chi connectivity index (χ0v) is 23.2. The number of hydroxylamine groups is 1. The monoisotopic (exact) mass is 536 g/mol. The van der Waals surface area contributed by atoms with Crippen LogP contribution in [0.2, 0.25) is 0 Å². The van der Waals surface area contributed by atoms with Crippen molar-refractivity contribution in [1.29, 1.82) is 0 Å². The highest BCUT2D eigenvalue weighted by atomic mass is 16.5. The zero-order chi connectivity index (χ0) is 28.4. The Hall–Kier alpha value is -4.28. The normalized spacial score (nSPS) is 17.6. The van der Waals surface area contributed by atoms with E-state index in [1.165, 1.54) is 0 Å². The van der Waals surface area contributed by atoms with Crippen molar-refractivity contribution in [3.63, 3.8) is 0 Å². The Bertz CT molecular complexity index is 1410. The van der Waals surface area contributed by atoms with Gasteiger partial charge in [0.2, 0.25) is 6.17 Å². The lowest BCUT2D eigenvalue weighted by Crippen LogP contribution is -2.35. The molecule has 4 rings (SSSR count). The van der Waals surface area contributed by atoms with E-state index in [9.17, 15) is 15.1 Å².